The van der Waals surface area contributed by atoms with Gasteiger partial charge in [0.15, 0.2) is 0 Å². The first kappa shape index (κ1) is 22.2. The monoisotopic (exact) mass is 410 g/mol. The van der Waals surface area contributed by atoms with Gasteiger partial charge in [-0.2, -0.15) is 0 Å². The van der Waals surface area contributed by atoms with Crippen LogP contribution in [0.2, 0.25) is 5.02 Å². The van der Waals surface area contributed by atoms with E-state index < -0.39 is 0 Å². The molecule has 2 aromatic rings. The van der Waals surface area contributed by atoms with Gasteiger partial charge in [0.2, 0.25) is 0 Å². The molecule has 0 heterocycles. The molecule has 0 radical (unpaired) electrons. The molecular weight excluding hydrogens is 379 g/mol. The lowest BCUT2D eigenvalue weighted by Crippen LogP contribution is -2.01. The second-order valence-electron chi connectivity index (χ2n) is 6.95. The fourth-order valence-electron chi connectivity index (χ4n) is 3.16. The van der Waals surface area contributed by atoms with Crippen molar-refractivity contribution >= 4 is 34.0 Å². The van der Waals surface area contributed by atoms with E-state index >= 15 is 0 Å². The number of alkyl halides is 1. The van der Waals surface area contributed by atoms with Crippen molar-refractivity contribution in [2.75, 3.05) is 19.1 Å². The number of ether oxygens (including phenoxy) is 2. The van der Waals surface area contributed by atoms with Crippen LogP contribution in [0.1, 0.15) is 64.7 Å². The van der Waals surface area contributed by atoms with Gasteiger partial charge >= 0.3 is 0 Å². The van der Waals surface area contributed by atoms with Crippen molar-refractivity contribution < 1.29 is 9.47 Å². The van der Waals surface area contributed by atoms with Crippen molar-refractivity contribution in [1.29, 1.82) is 0 Å². The molecule has 0 spiro atoms. The lowest BCUT2D eigenvalue weighted by Gasteiger charge is -2.15. The first-order valence-corrected chi connectivity index (χ1v) is 11.2. The number of halogens is 2. The molecule has 2 aromatic carbocycles. The van der Waals surface area contributed by atoms with Crippen molar-refractivity contribution in [3.8, 4) is 11.5 Å². The summed E-state index contributed by atoms with van der Waals surface area (Å²) in [5.41, 5.74) is 0. The summed E-state index contributed by atoms with van der Waals surface area (Å²) < 4.78 is 12.1. The molecule has 0 amide bonds. The van der Waals surface area contributed by atoms with Gasteiger partial charge in [0.25, 0.3) is 0 Å². The third kappa shape index (κ3) is 7.43. The van der Waals surface area contributed by atoms with Crippen LogP contribution in [0.4, 0.5) is 0 Å². The van der Waals surface area contributed by atoms with Crippen LogP contribution in [0.5, 0.6) is 11.5 Å². The van der Waals surface area contributed by atoms with Crippen LogP contribution in [-0.4, -0.2) is 19.1 Å². The average Bonchev–Trinajstić information content (AvgIpc) is 2.69. The van der Waals surface area contributed by atoms with Crippen molar-refractivity contribution in [2.45, 2.75) is 64.7 Å². The number of fused-ring (bicyclic) bond motifs is 1. The molecule has 0 saturated carbocycles. The summed E-state index contributed by atoms with van der Waals surface area (Å²) in [5.74, 6) is 2.39. The maximum Gasteiger partial charge on any atom is 0.145 e. The highest BCUT2D eigenvalue weighted by atomic mass is 35.5. The van der Waals surface area contributed by atoms with E-state index in [0.717, 1.165) is 47.4 Å². The molecule has 0 aliphatic heterocycles. The zero-order valence-corrected chi connectivity index (χ0v) is 18.0. The number of benzene rings is 2. The Morgan fingerprint density at radius 1 is 0.778 bits per heavy atom. The molecule has 27 heavy (non-hydrogen) atoms. The van der Waals surface area contributed by atoms with Gasteiger partial charge in [0.1, 0.15) is 11.5 Å². The summed E-state index contributed by atoms with van der Waals surface area (Å²) in [5, 5.41) is 2.72. The van der Waals surface area contributed by atoms with Crippen LogP contribution in [0.15, 0.2) is 30.3 Å². The summed E-state index contributed by atoms with van der Waals surface area (Å²) in [6.07, 6.45) is 10.5. The molecule has 0 N–H and O–H groups in total. The first-order valence-electron chi connectivity index (χ1n) is 10.3. The van der Waals surface area contributed by atoms with Gasteiger partial charge < -0.3 is 9.47 Å². The van der Waals surface area contributed by atoms with Crippen molar-refractivity contribution in [3.05, 3.63) is 35.4 Å². The number of rotatable bonds is 14. The zero-order valence-electron chi connectivity index (χ0n) is 16.4. The van der Waals surface area contributed by atoms with Crippen LogP contribution in [0.3, 0.4) is 0 Å². The minimum atomic E-state index is 0.626. The highest BCUT2D eigenvalue weighted by Gasteiger charge is 2.13. The predicted molar refractivity (Wildman–Crippen MR) is 118 cm³/mol. The molecule has 4 heteroatoms. The second kappa shape index (κ2) is 13.1. The zero-order chi connectivity index (χ0) is 19.3. The van der Waals surface area contributed by atoms with E-state index in [9.17, 15) is 0 Å². The molecule has 0 saturated heterocycles. The van der Waals surface area contributed by atoms with E-state index in [4.69, 9.17) is 32.7 Å². The van der Waals surface area contributed by atoms with Gasteiger partial charge in [-0.3, -0.25) is 0 Å². The lowest BCUT2D eigenvalue weighted by atomic mass is 10.1. The topological polar surface area (TPSA) is 18.5 Å². The molecule has 0 aromatic heterocycles. The van der Waals surface area contributed by atoms with Crippen LogP contribution < -0.4 is 9.47 Å². The van der Waals surface area contributed by atoms with E-state index in [0.29, 0.717) is 18.2 Å². The van der Waals surface area contributed by atoms with Crippen molar-refractivity contribution in [1.82, 2.24) is 0 Å². The third-order valence-electron chi connectivity index (χ3n) is 4.69. The number of unbranched alkanes of at least 4 members (excludes halogenated alkanes) is 7. The normalized spacial score (nSPS) is 11.1. The molecule has 0 aliphatic carbocycles. The Kier molecular flexibility index (Phi) is 10.8. The van der Waals surface area contributed by atoms with Gasteiger partial charge in [0.05, 0.1) is 18.2 Å². The molecule has 0 fully saturated rings. The van der Waals surface area contributed by atoms with E-state index in [-0.39, 0.29) is 0 Å². The summed E-state index contributed by atoms with van der Waals surface area (Å²) in [7, 11) is 0. The Morgan fingerprint density at radius 3 is 2.15 bits per heavy atom. The molecule has 0 aliphatic rings. The van der Waals surface area contributed by atoms with Crippen molar-refractivity contribution in [2.24, 2.45) is 0 Å². The van der Waals surface area contributed by atoms with Crippen molar-refractivity contribution in [3.63, 3.8) is 0 Å². The Morgan fingerprint density at radius 2 is 1.41 bits per heavy atom. The molecule has 150 valence electrons. The molecule has 0 atom stereocenters. The molecule has 0 bridgehead atoms. The minimum Gasteiger partial charge on any atom is -0.493 e. The van der Waals surface area contributed by atoms with Crippen LogP contribution >= 0.6 is 23.2 Å². The third-order valence-corrected chi connectivity index (χ3v) is 5.24. The second-order valence-corrected chi connectivity index (χ2v) is 7.73. The Balaban J connectivity index is 1.93. The van der Waals surface area contributed by atoms with Crippen LogP contribution in [-0.2, 0) is 0 Å². The van der Waals surface area contributed by atoms with E-state index in [1.807, 2.05) is 18.2 Å². The largest absolute Gasteiger partial charge is 0.493 e. The molecule has 2 rings (SSSR count). The smallest absolute Gasteiger partial charge is 0.145 e. The Hall–Kier alpha value is -1.12. The highest BCUT2D eigenvalue weighted by Crippen LogP contribution is 2.39. The average molecular weight is 411 g/mol. The fourth-order valence-corrected chi connectivity index (χ4v) is 3.61. The number of hydrogen-bond acceptors (Lipinski definition) is 2. The van der Waals surface area contributed by atoms with Gasteiger partial charge in [-0.1, -0.05) is 81.3 Å². The lowest BCUT2D eigenvalue weighted by molar-refractivity contribution is 0.302. The van der Waals surface area contributed by atoms with Gasteiger partial charge in [-0.25, -0.2) is 0 Å². The van der Waals surface area contributed by atoms with Crippen LogP contribution in [0, 0.1) is 0 Å². The highest BCUT2D eigenvalue weighted by molar-refractivity contribution is 6.33. The van der Waals surface area contributed by atoms with E-state index in [2.05, 4.69) is 19.1 Å². The van der Waals surface area contributed by atoms with E-state index in [1.165, 1.54) is 38.5 Å². The standard InChI is InChI=1S/C23H32Cl2O2/c1-2-3-11-17-27-23-20-14-9-8-13-19(20)22(18-21(23)25)26-16-12-7-5-4-6-10-15-24/h8-9,13-14,18H,2-7,10-12,15-17H2,1H3. The maximum atomic E-state index is 6.52. The van der Waals surface area contributed by atoms with Gasteiger partial charge in [-0.05, 0) is 19.3 Å². The number of hydrogen-bond donors (Lipinski definition) is 0. The maximum absolute atomic E-state index is 6.52. The molecule has 0 unspecified atom stereocenters. The quantitative estimate of drug-likeness (QED) is 0.231. The SMILES string of the molecule is CCCCCOc1c(Cl)cc(OCCCCCCCCCl)c2ccccc12. The molecular formula is C23H32Cl2O2. The van der Waals surface area contributed by atoms with E-state index in [1.54, 1.807) is 0 Å². The Labute approximate surface area is 174 Å². The van der Waals surface area contributed by atoms with Gasteiger partial charge in [-0.15, -0.1) is 11.6 Å². The molecule has 2 nitrogen and oxygen atoms in total. The summed E-state index contributed by atoms with van der Waals surface area (Å²) >= 11 is 12.2. The first-order chi connectivity index (χ1) is 13.3. The fraction of sp³-hybridized carbons (Fsp3) is 0.565. The minimum absolute atomic E-state index is 0.626. The van der Waals surface area contributed by atoms with Gasteiger partial charge in [0, 0.05) is 22.7 Å². The van der Waals surface area contributed by atoms with Crippen LogP contribution in [0.25, 0.3) is 10.8 Å². The Bertz CT molecular complexity index is 673. The summed E-state index contributed by atoms with van der Waals surface area (Å²) in [4.78, 5) is 0. The summed E-state index contributed by atoms with van der Waals surface area (Å²) in [6, 6.07) is 10.1. The summed E-state index contributed by atoms with van der Waals surface area (Å²) in [6.45, 7) is 3.60. The predicted octanol–water partition coefficient (Wildman–Crippen LogP) is 8.02.